The van der Waals surface area contributed by atoms with Crippen molar-refractivity contribution < 1.29 is 14.0 Å². The van der Waals surface area contributed by atoms with Crippen LogP contribution in [0.1, 0.15) is 17.4 Å². The first-order chi connectivity index (χ1) is 8.09. The summed E-state index contributed by atoms with van der Waals surface area (Å²) < 4.78 is 12.7. The van der Waals surface area contributed by atoms with Gasteiger partial charge >= 0.3 is 0 Å². The maximum atomic E-state index is 12.7. The molecule has 1 saturated heterocycles. The number of rotatable bonds is 1. The molecule has 1 unspecified atom stereocenters. The number of nitrogens with zero attached hydrogens (tertiary/aromatic N) is 2. The summed E-state index contributed by atoms with van der Waals surface area (Å²) >= 11 is 0. The molecule has 1 aliphatic rings. The topological polar surface area (TPSA) is 62.3 Å². The standard InChI is InChI=1S/C11H12FN3O2/c1-7-10(16)13-4-5-15(7)11(17)9-3-2-8(12)6-14-9/h2-3,6-7H,4-5H2,1H3,(H,13,16). The van der Waals surface area contributed by atoms with Crippen molar-refractivity contribution in [3.63, 3.8) is 0 Å². The Kier molecular flexibility index (Phi) is 3.03. The summed E-state index contributed by atoms with van der Waals surface area (Å²) in [6.45, 7) is 2.51. The van der Waals surface area contributed by atoms with E-state index in [9.17, 15) is 14.0 Å². The van der Waals surface area contributed by atoms with Crippen molar-refractivity contribution in [3.8, 4) is 0 Å². The molecular weight excluding hydrogens is 225 g/mol. The van der Waals surface area contributed by atoms with Gasteiger partial charge in [0.25, 0.3) is 5.91 Å². The Hall–Kier alpha value is -1.98. The molecule has 0 saturated carbocycles. The molecule has 1 aromatic heterocycles. The van der Waals surface area contributed by atoms with Gasteiger partial charge < -0.3 is 10.2 Å². The van der Waals surface area contributed by atoms with Crippen molar-refractivity contribution in [2.75, 3.05) is 13.1 Å². The summed E-state index contributed by atoms with van der Waals surface area (Å²) in [6, 6.07) is 1.97. The van der Waals surface area contributed by atoms with E-state index in [1.165, 1.54) is 17.0 Å². The van der Waals surface area contributed by atoms with Crippen LogP contribution in [0.2, 0.25) is 0 Å². The normalized spacial score (nSPS) is 20.0. The lowest BCUT2D eigenvalue weighted by atomic mass is 10.2. The highest BCUT2D eigenvalue weighted by Crippen LogP contribution is 2.09. The fraction of sp³-hybridized carbons (Fsp3) is 0.364. The van der Waals surface area contributed by atoms with E-state index in [2.05, 4.69) is 10.3 Å². The summed E-state index contributed by atoms with van der Waals surface area (Å²) in [5.41, 5.74) is 0.146. The van der Waals surface area contributed by atoms with Gasteiger partial charge in [-0.05, 0) is 19.1 Å². The number of amides is 2. The van der Waals surface area contributed by atoms with Gasteiger partial charge in [0.15, 0.2) is 0 Å². The summed E-state index contributed by atoms with van der Waals surface area (Å²) in [4.78, 5) is 28.6. The first-order valence-corrected chi connectivity index (χ1v) is 5.30. The van der Waals surface area contributed by atoms with E-state index in [4.69, 9.17) is 0 Å². The molecule has 2 amide bonds. The number of carbonyl (C=O) groups excluding carboxylic acids is 2. The molecule has 1 aliphatic heterocycles. The second-order valence-corrected chi connectivity index (χ2v) is 3.83. The van der Waals surface area contributed by atoms with E-state index in [0.717, 1.165) is 6.20 Å². The molecule has 17 heavy (non-hydrogen) atoms. The van der Waals surface area contributed by atoms with Gasteiger partial charge in [-0.25, -0.2) is 9.37 Å². The molecule has 2 heterocycles. The van der Waals surface area contributed by atoms with Crippen LogP contribution in [0.5, 0.6) is 0 Å². The molecule has 90 valence electrons. The zero-order valence-corrected chi connectivity index (χ0v) is 9.31. The number of carbonyl (C=O) groups is 2. The van der Waals surface area contributed by atoms with Crippen LogP contribution in [0.25, 0.3) is 0 Å². The Morgan fingerprint density at radius 3 is 3.00 bits per heavy atom. The van der Waals surface area contributed by atoms with Crippen LogP contribution in [0.3, 0.4) is 0 Å². The molecule has 0 bridgehead atoms. The van der Waals surface area contributed by atoms with Crippen molar-refractivity contribution in [1.82, 2.24) is 15.2 Å². The molecule has 0 radical (unpaired) electrons. The second-order valence-electron chi connectivity index (χ2n) is 3.83. The Morgan fingerprint density at radius 2 is 2.35 bits per heavy atom. The van der Waals surface area contributed by atoms with E-state index in [-0.39, 0.29) is 17.5 Å². The first kappa shape index (κ1) is 11.5. The molecular formula is C11H12FN3O2. The average molecular weight is 237 g/mol. The highest BCUT2D eigenvalue weighted by atomic mass is 19.1. The van der Waals surface area contributed by atoms with E-state index in [0.29, 0.717) is 13.1 Å². The van der Waals surface area contributed by atoms with E-state index >= 15 is 0 Å². The van der Waals surface area contributed by atoms with Crippen LogP contribution in [0, 0.1) is 5.82 Å². The quantitative estimate of drug-likeness (QED) is 0.758. The third-order valence-corrected chi connectivity index (χ3v) is 2.71. The lowest BCUT2D eigenvalue weighted by molar-refractivity contribution is -0.127. The zero-order chi connectivity index (χ0) is 12.4. The van der Waals surface area contributed by atoms with Gasteiger partial charge in [0, 0.05) is 13.1 Å². The molecule has 2 rings (SSSR count). The molecule has 0 spiro atoms. The van der Waals surface area contributed by atoms with Gasteiger partial charge in [0.1, 0.15) is 17.6 Å². The molecule has 0 aromatic carbocycles. The lowest BCUT2D eigenvalue weighted by Crippen LogP contribution is -2.55. The Labute approximate surface area is 97.6 Å². The SMILES string of the molecule is CC1C(=O)NCCN1C(=O)c1ccc(F)cn1. The highest BCUT2D eigenvalue weighted by molar-refractivity contribution is 5.96. The van der Waals surface area contributed by atoms with Gasteiger partial charge in [0.05, 0.1) is 6.20 Å². The largest absolute Gasteiger partial charge is 0.353 e. The molecule has 1 N–H and O–H groups in total. The average Bonchev–Trinajstić information content (AvgIpc) is 2.33. The number of aromatic nitrogens is 1. The van der Waals surface area contributed by atoms with Crippen LogP contribution >= 0.6 is 0 Å². The number of hydrogen-bond donors (Lipinski definition) is 1. The predicted octanol–water partition coefficient (Wildman–Crippen LogP) is 0.181. The highest BCUT2D eigenvalue weighted by Gasteiger charge is 2.30. The van der Waals surface area contributed by atoms with Crippen molar-refractivity contribution in [2.45, 2.75) is 13.0 Å². The minimum Gasteiger partial charge on any atom is -0.353 e. The maximum Gasteiger partial charge on any atom is 0.273 e. The van der Waals surface area contributed by atoms with Crippen LogP contribution in [-0.4, -0.2) is 40.8 Å². The van der Waals surface area contributed by atoms with Crippen LogP contribution in [0.15, 0.2) is 18.3 Å². The minimum atomic E-state index is -0.525. The molecule has 1 fully saturated rings. The summed E-state index contributed by atoms with van der Waals surface area (Å²) in [6.07, 6.45) is 0.988. The van der Waals surface area contributed by atoms with Gasteiger partial charge in [-0.3, -0.25) is 9.59 Å². The van der Waals surface area contributed by atoms with Crippen molar-refractivity contribution in [3.05, 3.63) is 29.8 Å². The number of hydrogen-bond acceptors (Lipinski definition) is 3. The second kappa shape index (κ2) is 4.48. The summed E-state index contributed by atoms with van der Waals surface area (Å²) in [5.74, 6) is -1.04. The van der Waals surface area contributed by atoms with Crippen molar-refractivity contribution in [1.29, 1.82) is 0 Å². The number of piperazine rings is 1. The van der Waals surface area contributed by atoms with Crippen molar-refractivity contribution in [2.24, 2.45) is 0 Å². The van der Waals surface area contributed by atoms with Gasteiger partial charge in [0.2, 0.25) is 5.91 Å². The van der Waals surface area contributed by atoms with E-state index in [1.54, 1.807) is 6.92 Å². The molecule has 1 aromatic rings. The smallest absolute Gasteiger partial charge is 0.273 e. The van der Waals surface area contributed by atoms with Gasteiger partial charge in [-0.2, -0.15) is 0 Å². The van der Waals surface area contributed by atoms with Gasteiger partial charge in [-0.15, -0.1) is 0 Å². The van der Waals surface area contributed by atoms with Crippen LogP contribution < -0.4 is 5.32 Å². The lowest BCUT2D eigenvalue weighted by Gasteiger charge is -2.32. The third-order valence-electron chi connectivity index (χ3n) is 2.71. The van der Waals surface area contributed by atoms with E-state index in [1.807, 2.05) is 0 Å². The van der Waals surface area contributed by atoms with Gasteiger partial charge in [-0.1, -0.05) is 0 Å². The molecule has 0 aliphatic carbocycles. The molecule has 5 nitrogen and oxygen atoms in total. The Bertz CT molecular complexity index is 447. The molecule has 6 heteroatoms. The Balaban J connectivity index is 2.19. The fourth-order valence-corrected chi connectivity index (χ4v) is 1.71. The minimum absolute atomic E-state index is 0.146. The predicted molar refractivity (Wildman–Crippen MR) is 57.7 cm³/mol. The monoisotopic (exact) mass is 237 g/mol. The fourth-order valence-electron chi connectivity index (χ4n) is 1.71. The van der Waals surface area contributed by atoms with Crippen LogP contribution in [-0.2, 0) is 4.79 Å². The number of nitrogens with one attached hydrogen (secondary N) is 1. The first-order valence-electron chi connectivity index (χ1n) is 5.30. The van der Waals surface area contributed by atoms with E-state index < -0.39 is 11.9 Å². The number of halogens is 1. The third kappa shape index (κ3) is 2.25. The Morgan fingerprint density at radius 1 is 1.59 bits per heavy atom. The van der Waals surface area contributed by atoms with Crippen molar-refractivity contribution >= 4 is 11.8 Å². The summed E-state index contributed by atoms with van der Waals surface area (Å²) in [7, 11) is 0. The zero-order valence-electron chi connectivity index (χ0n) is 9.31. The maximum absolute atomic E-state index is 12.7. The summed E-state index contributed by atoms with van der Waals surface area (Å²) in [5, 5.41) is 2.66. The van der Waals surface area contributed by atoms with Crippen LogP contribution in [0.4, 0.5) is 4.39 Å². The number of pyridine rings is 1. The molecule has 1 atom stereocenters.